The van der Waals surface area contributed by atoms with E-state index in [-0.39, 0.29) is 23.8 Å². The number of sulfonamides is 1. The molecule has 1 N–H and O–H groups in total. The van der Waals surface area contributed by atoms with Crippen LogP contribution in [0.3, 0.4) is 0 Å². The number of nitrogens with zero attached hydrogens (tertiary/aromatic N) is 2. The van der Waals surface area contributed by atoms with Crippen molar-refractivity contribution in [3.8, 4) is 5.75 Å². The molecule has 0 aliphatic heterocycles. The smallest absolute Gasteiger partial charge is 0.264 e. The predicted octanol–water partition coefficient (Wildman–Crippen LogP) is 7.82. The molecule has 0 radical (unpaired) electrons. The first-order valence-electron chi connectivity index (χ1n) is 15.4. The Labute approximate surface area is 301 Å². The van der Waals surface area contributed by atoms with Crippen molar-refractivity contribution >= 4 is 66.7 Å². The van der Waals surface area contributed by atoms with Crippen LogP contribution >= 0.6 is 39.1 Å². The second-order valence-electron chi connectivity index (χ2n) is 11.3. The molecule has 0 aliphatic rings. The van der Waals surface area contributed by atoms with Crippen molar-refractivity contribution < 1.29 is 22.7 Å². The molecule has 2 amide bonds. The lowest BCUT2D eigenvalue weighted by Crippen LogP contribution is -2.53. The van der Waals surface area contributed by atoms with Gasteiger partial charge in [-0.3, -0.25) is 13.9 Å². The van der Waals surface area contributed by atoms with E-state index in [0.29, 0.717) is 38.1 Å². The van der Waals surface area contributed by atoms with E-state index in [0.717, 1.165) is 28.3 Å². The summed E-state index contributed by atoms with van der Waals surface area (Å²) in [6.45, 7) is 3.74. The van der Waals surface area contributed by atoms with Crippen LogP contribution in [0.1, 0.15) is 36.5 Å². The van der Waals surface area contributed by atoms with Crippen molar-refractivity contribution in [2.45, 2.75) is 50.6 Å². The highest BCUT2D eigenvalue weighted by atomic mass is 79.9. The minimum atomic E-state index is -4.29. The molecular formula is C36H38BrCl2N3O5S. The van der Waals surface area contributed by atoms with Gasteiger partial charge in [0, 0.05) is 19.5 Å². The topological polar surface area (TPSA) is 96.0 Å². The van der Waals surface area contributed by atoms with Gasteiger partial charge in [0.15, 0.2) is 0 Å². The van der Waals surface area contributed by atoms with Gasteiger partial charge in [-0.15, -0.1) is 0 Å². The summed E-state index contributed by atoms with van der Waals surface area (Å²) in [4.78, 5) is 29.9. The van der Waals surface area contributed by atoms with Gasteiger partial charge in [-0.2, -0.15) is 0 Å². The van der Waals surface area contributed by atoms with E-state index in [9.17, 15) is 18.0 Å². The van der Waals surface area contributed by atoms with Crippen LogP contribution in [0.25, 0.3) is 0 Å². The van der Waals surface area contributed by atoms with E-state index in [4.69, 9.17) is 27.9 Å². The maximum Gasteiger partial charge on any atom is 0.264 e. The first-order chi connectivity index (χ1) is 22.9. The van der Waals surface area contributed by atoms with Crippen LogP contribution in [-0.4, -0.2) is 51.4 Å². The number of ether oxygens (including phenoxy) is 1. The standard InChI is InChI=1S/C36H38BrCl2N3O5S/c1-4-5-19-40-36(44)33(21-26-9-7-6-8-10-26)41(23-27-13-17-31(38)32(39)20-27)35(43)24-42(28-14-11-25(2)12-15-28)48(45,46)29-16-18-34(47-3)30(37)22-29/h6-18,20,22,33H,4-5,19,21,23-24H2,1-3H3,(H,40,44). The number of unbranched alkanes of at least 4 members (excludes halogenated alkanes) is 1. The molecule has 0 aliphatic carbocycles. The van der Waals surface area contributed by atoms with Crippen molar-refractivity contribution in [2.24, 2.45) is 0 Å². The van der Waals surface area contributed by atoms with Crippen molar-refractivity contribution in [3.05, 3.63) is 122 Å². The second kappa shape index (κ2) is 17.2. The summed E-state index contributed by atoms with van der Waals surface area (Å²) in [5, 5.41) is 3.62. The maximum absolute atomic E-state index is 14.6. The van der Waals surface area contributed by atoms with Gasteiger partial charge in [0.2, 0.25) is 11.8 Å². The number of nitrogens with one attached hydrogen (secondary N) is 1. The number of rotatable bonds is 15. The number of amides is 2. The number of methoxy groups -OCH3 is 1. The zero-order valence-corrected chi connectivity index (χ0v) is 30.9. The molecule has 0 aromatic heterocycles. The third kappa shape index (κ3) is 9.53. The van der Waals surface area contributed by atoms with Crippen molar-refractivity contribution in [1.29, 1.82) is 0 Å². The van der Waals surface area contributed by atoms with Gasteiger partial charge in [0.25, 0.3) is 10.0 Å². The number of carbonyl (C=O) groups excluding carboxylic acids is 2. The van der Waals surface area contributed by atoms with Crippen LogP contribution in [0.4, 0.5) is 5.69 Å². The van der Waals surface area contributed by atoms with Crippen molar-refractivity contribution in [3.63, 3.8) is 0 Å². The fraction of sp³-hybridized carbons (Fsp3) is 0.278. The number of anilines is 1. The number of hydrogen-bond donors (Lipinski definition) is 1. The molecule has 8 nitrogen and oxygen atoms in total. The van der Waals surface area contributed by atoms with Gasteiger partial charge in [0.05, 0.1) is 32.2 Å². The Morgan fingerprint density at radius 3 is 2.25 bits per heavy atom. The van der Waals surface area contributed by atoms with Crippen molar-refractivity contribution in [1.82, 2.24) is 10.2 Å². The van der Waals surface area contributed by atoms with E-state index in [1.807, 2.05) is 44.2 Å². The number of halogens is 3. The minimum absolute atomic E-state index is 0.0235. The summed E-state index contributed by atoms with van der Waals surface area (Å²) >= 11 is 15.9. The zero-order valence-electron chi connectivity index (χ0n) is 27.0. The monoisotopic (exact) mass is 773 g/mol. The lowest BCUT2D eigenvalue weighted by atomic mass is 10.0. The Balaban J connectivity index is 1.81. The van der Waals surface area contributed by atoms with E-state index in [2.05, 4.69) is 21.2 Å². The normalized spacial score (nSPS) is 11.9. The Kier molecular flexibility index (Phi) is 13.3. The highest BCUT2D eigenvalue weighted by Gasteiger charge is 2.35. The molecule has 4 aromatic carbocycles. The van der Waals surface area contributed by atoms with Crippen LogP contribution in [-0.2, 0) is 32.6 Å². The quantitative estimate of drug-likeness (QED) is 0.124. The van der Waals surface area contributed by atoms with Crippen LogP contribution in [0.2, 0.25) is 10.0 Å². The van der Waals surface area contributed by atoms with E-state index in [1.54, 1.807) is 48.5 Å². The molecule has 1 unspecified atom stereocenters. The summed E-state index contributed by atoms with van der Waals surface area (Å²) < 4.78 is 35.4. The molecular weight excluding hydrogens is 737 g/mol. The fourth-order valence-electron chi connectivity index (χ4n) is 5.07. The molecule has 4 rings (SSSR count). The molecule has 48 heavy (non-hydrogen) atoms. The third-order valence-corrected chi connectivity index (χ3v) is 10.9. The number of carbonyl (C=O) groups is 2. The molecule has 1 atom stereocenters. The molecule has 0 saturated carbocycles. The average Bonchev–Trinajstić information content (AvgIpc) is 3.07. The van der Waals surface area contributed by atoms with Crippen molar-refractivity contribution in [2.75, 3.05) is 24.5 Å². The Hall–Kier alpha value is -3.57. The van der Waals surface area contributed by atoms with Gasteiger partial charge >= 0.3 is 0 Å². The first-order valence-corrected chi connectivity index (χ1v) is 18.4. The highest BCUT2D eigenvalue weighted by molar-refractivity contribution is 9.10. The summed E-state index contributed by atoms with van der Waals surface area (Å²) in [5.74, 6) is -0.466. The van der Waals surface area contributed by atoms with E-state index in [1.165, 1.54) is 24.1 Å². The lowest BCUT2D eigenvalue weighted by molar-refractivity contribution is -0.140. The summed E-state index contributed by atoms with van der Waals surface area (Å²) in [6.07, 6.45) is 1.84. The van der Waals surface area contributed by atoms with Gasteiger partial charge in [-0.1, -0.05) is 90.6 Å². The molecule has 12 heteroatoms. The number of benzene rings is 4. The lowest BCUT2D eigenvalue weighted by Gasteiger charge is -2.34. The molecule has 0 fully saturated rings. The van der Waals surface area contributed by atoms with E-state index >= 15 is 0 Å². The van der Waals surface area contributed by atoms with Gasteiger partial charge in [-0.05, 0) is 82.9 Å². The number of hydrogen-bond acceptors (Lipinski definition) is 5. The van der Waals surface area contributed by atoms with Gasteiger partial charge in [-0.25, -0.2) is 8.42 Å². The summed E-state index contributed by atoms with van der Waals surface area (Å²) in [5.41, 5.74) is 2.68. The Bertz CT molecular complexity index is 1830. The molecule has 0 heterocycles. The first kappa shape index (κ1) is 37.3. The molecule has 4 aromatic rings. The van der Waals surface area contributed by atoms with Crippen LogP contribution in [0, 0.1) is 6.92 Å². The predicted molar refractivity (Wildman–Crippen MR) is 195 cm³/mol. The molecule has 0 spiro atoms. The van der Waals surface area contributed by atoms with Crippen LogP contribution in [0.5, 0.6) is 5.75 Å². The van der Waals surface area contributed by atoms with Gasteiger partial charge in [0.1, 0.15) is 18.3 Å². The van der Waals surface area contributed by atoms with Gasteiger partial charge < -0.3 is 15.0 Å². The molecule has 254 valence electrons. The second-order valence-corrected chi connectivity index (χ2v) is 14.8. The SMILES string of the molecule is CCCCNC(=O)C(Cc1ccccc1)N(Cc1ccc(Cl)c(Cl)c1)C(=O)CN(c1ccc(C)cc1)S(=O)(=O)c1ccc(OC)c(Br)c1. The Morgan fingerprint density at radius 2 is 1.62 bits per heavy atom. The molecule has 0 saturated heterocycles. The van der Waals surface area contributed by atoms with E-state index < -0.39 is 28.5 Å². The van der Waals surface area contributed by atoms with Crippen LogP contribution in [0.15, 0.2) is 100 Å². The fourth-order valence-corrected chi connectivity index (χ4v) is 7.52. The number of aryl methyl sites for hydroxylation is 1. The highest BCUT2D eigenvalue weighted by Crippen LogP contribution is 2.31. The average molecular weight is 776 g/mol. The third-order valence-electron chi connectivity index (χ3n) is 7.75. The summed E-state index contributed by atoms with van der Waals surface area (Å²) in [7, 11) is -2.81. The summed E-state index contributed by atoms with van der Waals surface area (Å²) in [6, 6.07) is 24.7. The minimum Gasteiger partial charge on any atom is -0.496 e. The largest absolute Gasteiger partial charge is 0.496 e. The zero-order chi connectivity index (χ0) is 34.8. The van der Waals surface area contributed by atoms with Crippen LogP contribution < -0.4 is 14.4 Å². The maximum atomic E-state index is 14.6. The Morgan fingerprint density at radius 1 is 0.917 bits per heavy atom. The molecule has 0 bridgehead atoms.